The number of hydrogen-bond donors (Lipinski definition) is 2. The molecule has 0 aromatic heterocycles. The van der Waals surface area contributed by atoms with Gasteiger partial charge in [-0.25, -0.2) is 0 Å². The van der Waals surface area contributed by atoms with Crippen LogP contribution >= 0.6 is 7.37 Å². The van der Waals surface area contributed by atoms with Crippen molar-refractivity contribution in [1.82, 2.24) is 5.32 Å². The van der Waals surface area contributed by atoms with Crippen LogP contribution in [0.15, 0.2) is 0 Å². The molecular weight excluding hydrogens is 329 g/mol. The van der Waals surface area contributed by atoms with Crippen molar-refractivity contribution in [3.63, 3.8) is 0 Å². The molecule has 7 heteroatoms. The van der Waals surface area contributed by atoms with E-state index in [0.29, 0.717) is 32.2 Å². The van der Waals surface area contributed by atoms with Crippen LogP contribution in [0, 0.1) is 0 Å². The minimum Gasteiger partial charge on any atom is -0.379 e. The number of nitrogens with one attached hydrogen (secondary N) is 1. The van der Waals surface area contributed by atoms with E-state index >= 15 is 0 Å². The van der Waals surface area contributed by atoms with Crippen LogP contribution in [0.5, 0.6) is 0 Å². The summed E-state index contributed by atoms with van der Waals surface area (Å²) in [6, 6.07) is 0. The maximum atomic E-state index is 12.0. The Morgan fingerprint density at radius 1 is 1.12 bits per heavy atom. The SMILES string of the molecule is COC(C)(C)CCOC(C)(C)CC(=O)NCCCCCP(C)(=O)O. The van der Waals surface area contributed by atoms with Gasteiger partial charge in [-0.05, 0) is 47.0 Å². The zero-order chi connectivity index (χ0) is 18.9. The Hall–Kier alpha value is -0.420. The third kappa shape index (κ3) is 14.0. The zero-order valence-electron chi connectivity index (χ0n) is 16.2. The molecule has 0 heterocycles. The highest BCUT2D eigenvalue weighted by Crippen LogP contribution is 2.36. The monoisotopic (exact) mass is 365 g/mol. The standard InChI is InChI=1S/C17H36NO5P/c1-16(2,22-5)10-12-23-17(3,4)14-15(19)18-11-8-7-9-13-24(6,20)21/h7-14H2,1-6H3,(H,18,19)(H,20,21). The molecule has 0 aliphatic rings. The largest absolute Gasteiger partial charge is 0.379 e. The number of amides is 1. The van der Waals surface area contributed by atoms with Gasteiger partial charge in [0.2, 0.25) is 5.91 Å². The lowest BCUT2D eigenvalue weighted by molar-refractivity contribution is -0.128. The average Bonchev–Trinajstić information content (AvgIpc) is 2.40. The Balaban J connectivity index is 3.86. The summed E-state index contributed by atoms with van der Waals surface area (Å²) in [5.74, 6) is -0.0330. The summed E-state index contributed by atoms with van der Waals surface area (Å²) in [6.45, 7) is 10.3. The lowest BCUT2D eigenvalue weighted by atomic mass is 10.0. The molecule has 0 aliphatic heterocycles. The topological polar surface area (TPSA) is 84.9 Å². The molecule has 144 valence electrons. The molecule has 0 spiro atoms. The molecule has 0 aromatic carbocycles. The Morgan fingerprint density at radius 2 is 1.75 bits per heavy atom. The zero-order valence-corrected chi connectivity index (χ0v) is 17.1. The van der Waals surface area contributed by atoms with Crippen molar-refractivity contribution in [2.24, 2.45) is 0 Å². The van der Waals surface area contributed by atoms with Gasteiger partial charge in [0.1, 0.15) is 0 Å². The highest BCUT2D eigenvalue weighted by Gasteiger charge is 2.24. The Bertz CT molecular complexity index is 417. The van der Waals surface area contributed by atoms with E-state index in [0.717, 1.165) is 19.3 Å². The number of rotatable bonds is 13. The van der Waals surface area contributed by atoms with Gasteiger partial charge in [-0.2, -0.15) is 0 Å². The molecule has 0 saturated carbocycles. The van der Waals surface area contributed by atoms with E-state index in [9.17, 15) is 14.3 Å². The summed E-state index contributed by atoms with van der Waals surface area (Å²) in [5, 5.41) is 2.88. The molecule has 0 aromatic rings. The van der Waals surface area contributed by atoms with Crippen LogP contribution in [-0.4, -0.2) is 55.1 Å². The first-order valence-electron chi connectivity index (χ1n) is 8.62. The first kappa shape index (κ1) is 23.6. The predicted molar refractivity (Wildman–Crippen MR) is 97.8 cm³/mol. The van der Waals surface area contributed by atoms with Crippen molar-refractivity contribution in [3.05, 3.63) is 0 Å². The molecule has 0 bridgehead atoms. The van der Waals surface area contributed by atoms with E-state index < -0.39 is 13.0 Å². The molecule has 0 rings (SSSR count). The molecule has 0 radical (unpaired) electrons. The van der Waals surface area contributed by atoms with Gasteiger partial charge >= 0.3 is 0 Å². The summed E-state index contributed by atoms with van der Waals surface area (Å²) in [5.41, 5.74) is -0.741. The normalized spacial score (nSPS) is 15.1. The van der Waals surface area contributed by atoms with E-state index in [2.05, 4.69) is 5.32 Å². The fraction of sp³-hybridized carbons (Fsp3) is 0.941. The van der Waals surface area contributed by atoms with Crippen molar-refractivity contribution >= 4 is 13.3 Å². The lowest BCUT2D eigenvalue weighted by Crippen LogP contribution is -2.36. The molecule has 1 unspecified atom stereocenters. The molecule has 0 aliphatic carbocycles. The van der Waals surface area contributed by atoms with Crippen molar-refractivity contribution in [2.45, 2.75) is 71.0 Å². The van der Waals surface area contributed by atoms with Gasteiger partial charge in [-0.1, -0.05) is 6.42 Å². The van der Waals surface area contributed by atoms with E-state index in [1.807, 2.05) is 27.7 Å². The second kappa shape index (κ2) is 10.5. The van der Waals surface area contributed by atoms with Crippen LogP contribution in [0.25, 0.3) is 0 Å². The van der Waals surface area contributed by atoms with E-state index in [1.165, 1.54) is 6.66 Å². The van der Waals surface area contributed by atoms with E-state index in [-0.39, 0.29) is 11.5 Å². The maximum absolute atomic E-state index is 12.0. The summed E-state index contributed by atoms with van der Waals surface area (Å²) in [6.07, 6.45) is 3.78. The number of carbonyl (C=O) groups is 1. The second-order valence-corrected chi connectivity index (χ2v) is 10.2. The minimum absolute atomic E-state index is 0.0330. The van der Waals surface area contributed by atoms with Gasteiger partial charge in [0.15, 0.2) is 7.37 Å². The van der Waals surface area contributed by atoms with Gasteiger partial charge in [0, 0.05) is 26.5 Å². The van der Waals surface area contributed by atoms with Gasteiger partial charge in [0.05, 0.1) is 24.2 Å². The van der Waals surface area contributed by atoms with Crippen molar-refractivity contribution in [1.29, 1.82) is 0 Å². The predicted octanol–water partition coefficient (Wildman–Crippen LogP) is 3.17. The molecular formula is C17H36NO5P. The third-order valence-electron chi connectivity index (χ3n) is 3.91. The average molecular weight is 365 g/mol. The van der Waals surface area contributed by atoms with Crippen molar-refractivity contribution in [2.75, 3.05) is 33.1 Å². The summed E-state index contributed by atoms with van der Waals surface area (Å²) in [4.78, 5) is 21.2. The fourth-order valence-electron chi connectivity index (χ4n) is 2.11. The number of carbonyl (C=O) groups excluding carboxylic acids is 1. The fourth-order valence-corrected chi connectivity index (χ4v) is 2.92. The lowest BCUT2D eigenvalue weighted by Gasteiger charge is -2.28. The second-order valence-electron chi connectivity index (χ2n) is 7.68. The highest BCUT2D eigenvalue weighted by molar-refractivity contribution is 7.57. The Morgan fingerprint density at radius 3 is 2.29 bits per heavy atom. The van der Waals surface area contributed by atoms with Crippen molar-refractivity contribution < 1.29 is 23.7 Å². The maximum Gasteiger partial charge on any atom is 0.222 e. The van der Waals surface area contributed by atoms with Gasteiger partial charge in [-0.3, -0.25) is 9.36 Å². The molecule has 1 atom stereocenters. The molecule has 6 nitrogen and oxygen atoms in total. The molecule has 0 fully saturated rings. The molecule has 0 saturated heterocycles. The Kier molecular flexibility index (Phi) is 10.4. The van der Waals surface area contributed by atoms with E-state index in [1.54, 1.807) is 7.11 Å². The smallest absolute Gasteiger partial charge is 0.222 e. The van der Waals surface area contributed by atoms with Gasteiger partial charge in [0.25, 0.3) is 0 Å². The quantitative estimate of drug-likeness (QED) is 0.387. The summed E-state index contributed by atoms with van der Waals surface area (Å²) < 4.78 is 22.3. The van der Waals surface area contributed by atoms with Crippen molar-refractivity contribution in [3.8, 4) is 0 Å². The van der Waals surface area contributed by atoms with E-state index in [4.69, 9.17) is 9.47 Å². The van der Waals surface area contributed by atoms with Crippen LogP contribution < -0.4 is 5.32 Å². The number of unbranched alkanes of at least 4 members (excludes halogenated alkanes) is 2. The Labute approximate surface area is 147 Å². The molecule has 1 amide bonds. The first-order valence-corrected chi connectivity index (χ1v) is 10.9. The summed E-state index contributed by atoms with van der Waals surface area (Å²) in [7, 11) is -1.22. The van der Waals surface area contributed by atoms with Gasteiger partial charge < -0.3 is 19.7 Å². The number of hydrogen-bond acceptors (Lipinski definition) is 4. The number of ether oxygens (including phenoxy) is 2. The summed E-state index contributed by atoms with van der Waals surface area (Å²) >= 11 is 0. The third-order valence-corrected chi connectivity index (χ3v) is 5.05. The molecule has 24 heavy (non-hydrogen) atoms. The van der Waals surface area contributed by atoms with Gasteiger partial charge in [-0.15, -0.1) is 0 Å². The minimum atomic E-state index is -2.90. The first-order chi connectivity index (χ1) is 10.9. The van der Waals surface area contributed by atoms with Crippen LogP contribution in [0.2, 0.25) is 0 Å². The van der Waals surface area contributed by atoms with Crippen LogP contribution in [0.3, 0.4) is 0 Å². The highest BCUT2D eigenvalue weighted by atomic mass is 31.2. The van der Waals surface area contributed by atoms with Crippen LogP contribution in [0.1, 0.15) is 59.8 Å². The van der Waals surface area contributed by atoms with Crippen LogP contribution in [-0.2, 0) is 18.8 Å². The van der Waals surface area contributed by atoms with Crippen LogP contribution in [0.4, 0.5) is 0 Å². The molecule has 2 N–H and O–H groups in total. The number of methoxy groups -OCH3 is 1.